The van der Waals surface area contributed by atoms with Gasteiger partial charge in [-0.1, -0.05) is 44.2 Å². The number of carbonyl (C=O) groups is 6. The number of pyridine rings is 1. The Bertz CT molecular complexity index is 1390. The fourth-order valence-electron chi connectivity index (χ4n) is 4.70. The molecule has 4 atom stereocenters. The molecule has 0 saturated carbocycles. The first-order chi connectivity index (χ1) is 21.3. The quantitative estimate of drug-likeness (QED) is 0.312. The SMILES string of the molecule is CC(C)[C@H]1NC(=O)[C@@H](NC(=O)c2cncc(F)c2)CCCNC(=O)CN(C)C(=O)[C@H](Cc2ccccc2)NC(=O)[C@@H](C)NC1=O. The standard InChI is InChI=1S/C31H40FN7O6/c1-18(2)26-30(44)35-19(3)27(41)37-24(13-20-9-6-5-7-10-20)31(45)39(4)17-25(40)34-12-8-11-23(29(43)38-26)36-28(42)21-14-22(32)16-33-15-21/h5-7,9-10,14-16,18-19,23-24,26H,8,11-13,17H2,1-4H3,(H,34,40)(H,35,44)(H,36,42)(H,37,41)(H,38,43)/t19-,23+,24+,26-/m1/s1. The molecule has 14 heteroatoms. The fourth-order valence-corrected chi connectivity index (χ4v) is 4.70. The highest BCUT2D eigenvalue weighted by molar-refractivity contribution is 5.99. The lowest BCUT2D eigenvalue weighted by atomic mass is 10.0. The predicted molar refractivity (Wildman–Crippen MR) is 162 cm³/mol. The van der Waals surface area contributed by atoms with Crippen LogP contribution in [0, 0.1) is 11.7 Å². The highest BCUT2D eigenvalue weighted by Gasteiger charge is 2.32. The lowest BCUT2D eigenvalue weighted by molar-refractivity contribution is -0.139. The van der Waals surface area contributed by atoms with Crippen molar-refractivity contribution in [1.82, 2.24) is 36.5 Å². The van der Waals surface area contributed by atoms with Crippen LogP contribution in [0.5, 0.6) is 0 Å². The topological polar surface area (TPSA) is 179 Å². The average molecular weight is 626 g/mol. The summed E-state index contributed by atoms with van der Waals surface area (Å²) in [5, 5.41) is 13.2. The van der Waals surface area contributed by atoms with Gasteiger partial charge in [-0.15, -0.1) is 0 Å². The molecule has 0 bridgehead atoms. The normalized spacial score (nSPS) is 22.8. The zero-order valence-corrected chi connectivity index (χ0v) is 25.8. The van der Waals surface area contributed by atoms with Crippen molar-refractivity contribution in [3.63, 3.8) is 0 Å². The van der Waals surface area contributed by atoms with Crippen LogP contribution in [0.1, 0.15) is 49.5 Å². The summed E-state index contributed by atoms with van der Waals surface area (Å²) >= 11 is 0. The maximum absolute atomic E-state index is 13.7. The molecule has 1 aliphatic rings. The Labute approximate surface area is 261 Å². The summed E-state index contributed by atoms with van der Waals surface area (Å²) in [4.78, 5) is 83.7. The van der Waals surface area contributed by atoms with Crippen LogP contribution < -0.4 is 26.6 Å². The molecule has 1 fully saturated rings. The molecule has 5 N–H and O–H groups in total. The molecular weight excluding hydrogens is 585 g/mol. The van der Waals surface area contributed by atoms with Gasteiger partial charge in [0.05, 0.1) is 18.3 Å². The third kappa shape index (κ3) is 10.4. The van der Waals surface area contributed by atoms with E-state index in [2.05, 4.69) is 31.6 Å². The number of nitrogens with zero attached hydrogens (tertiary/aromatic N) is 2. The van der Waals surface area contributed by atoms with Crippen LogP contribution >= 0.6 is 0 Å². The summed E-state index contributed by atoms with van der Waals surface area (Å²) in [5.41, 5.74) is 0.678. The summed E-state index contributed by atoms with van der Waals surface area (Å²) in [5.74, 6) is -4.83. The summed E-state index contributed by atoms with van der Waals surface area (Å²) < 4.78 is 13.7. The highest BCUT2D eigenvalue weighted by atomic mass is 19.1. The van der Waals surface area contributed by atoms with Gasteiger partial charge >= 0.3 is 0 Å². The van der Waals surface area contributed by atoms with Crippen LogP contribution in [0.4, 0.5) is 4.39 Å². The molecule has 6 amide bonds. The number of likely N-dealkylation sites (N-methyl/N-ethyl adjacent to an activating group) is 1. The molecule has 45 heavy (non-hydrogen) atoms. The van der Waals surface area contributed by atoms with Crippen molar-refractivity contribution in [3.8, 4) is 0 Å². The second-order valence-electron chi connectivity index (χ2n) is 11.3. The Morgan fingerprint density at radius 1 is 1.02 bits per heavy atom. The second kappa shape index (κ2) is 16.3. The molecule has 1 aliphatic heterocycles. The van der Waals surface area contributed by atoms with Crippen molar-refractivity contribution in [1.29, 1.82) is 0 Å². The predicted octanol–water partition coefficient (Wildman–Crippen LogP) is 0.0605. The first-order valence-corrected chi connectivity index (χ1v) is 14.7. The molecule has 2 heterocycles. The number of nitrogens with one attached hydrogen (secondary N) is 5. The number of benzene rings is 1. The molecule has 0 unspecified atom stereocenters. The molecule has 3 rings (SSSR count). The molecule has 242 valence electrons. The number of hydrogen-bond donors (Lipinski definition) is 5. The van der Waals surface area contributed by atoms with Gasteiger partial charge in [-0.05, 0) is 37.3 Å². The fraction of sp³-hybridized carbons (Fsp3) is 0.452. The van der Waals surface area contributed by atoms with Gasteiger partial charge in [0.15, 0.2) is 0 Å². The highest BCUT2D eigenvalue weighted by Crippen LogP contribution is 2.10. The van der Waals surface area contributed by atoms with Gasteiger partial charge < -0.3 is 31.5 Å². The van der Waals surface area contributed by atoms with E-state index in [9.17, 15) is 33.2 Å². The molecule has 0 radical (unpaired) electrons. The maximum atomic E-state index is 13.7. The van der Waals surface area contributed by atoms with Crippen molar-refractivity contribution in [2.24, 2.45) is 5.92 Å². The van der Waals surface area contributed by atoms with Crippen LogP contribution in [-0.2, 0) is 30.4 Å². The third-order valence-corrected chi connectivity index (χ3v) is 7.23. The van der Waals surface area contributed by atoms with Crippen LogP contribution in [0.3, 0.4) is 0 Å². The van der Waals surface area contributed by atoms with Crippen molar-refractivity contribution in [2.45, 2.75) is 64.2 Å². The van der Waals surface area contributed by atoms with E-state index in [1.165, 1.54) is 18.9 Å². The molecule has 0 aliphatic carbocycles. The molecule has 1 saturated heterocycles. The van der Waals surface area contributed by atoms with Crippen molar-refractivity contribution >= 4 is 35.4 Å². The van der Waals surface area contributed by atoms with Crippen LogP contribution in [0.25, 0.3) is 0 Å². The molecular formula is C31H40FN7O6. The monoisotopic (exact) mass is 625 g/mol. The van der Waals surface area contributed by atoms with Crippen LogP contribution in [-0.4, -0.2) is 89.6 Å². The van der Waals surface area contributed by atoms with E-state index in [1.807, 2.05) is 18.2 Å². The van der Waals surface area contributed by atoms with Gasteiger partial charge in [-0.2, -0.15) is 0 Å². The number of amides is 6. The van der Waals surface area contributed by atoms with Gasteiger partial charge in [-0.25, -0.2) is 4.39 Å². The minimum Gasteiger partial charge on any atom is -0.355 e. The van der Waals surface area contributed by atoms with Crippen LogP contribution in [0.15, 0.2) is 48.8 Å². The van der Waals surface area contributed by atoms with Crippen molar-refractivity contribution in [3.05, 3.63) is 65.7 Å². The van der Waals surface area contributed by atoms with Crippen molar-refractivity contribution < 1.29 is 33.2 Å². The van der Waals surface area contributed by atoms with E-state index >= 15 is 0 Å². The van der Waals surface area contributed by atoms with Gasteiger partial charge in [0.25, 0.3) is 5.91 Å². The van der Waals surface area contributed by atoms with Gasteiger partial charge in [0, 0.05) is 26.2 Å². The lowest BCUT2D eigenvalue weighted by Gasteiger charge is -2.28. The van der Waals surface area contributed by atoms with Gasteiger partial charge in [0.1, 0.15) is 30.0 Å². The van der Waals surface area contributed by atoms with Crippen LogP contribution in [0.2, 0.25) is 0 Å². The smallest absolute Gasteiger partial charge is 0.253 e. The Kier molecular flexibility index (Phi) is 12.5. The Morgan fingerprint density at radius 2 is 1.73 bits per heavy atom. The molecule has 1 aromatic heterocycles. The Balaban J connectivity index is 1.85. The molecule has 13 nitrogen and oxygen atoms in total. The molecule has 0 spiro atoms. The largest absolute Gasteiger partial charge is 0.355 e. The number of hydrogen-bond acceptors (Lipinski definition) is 7. The summed E-state index contributed by atoms with van der Waals surface area (Å²) in [6.45, 7) is 4.66. The van der Waals surface area contributed by atoms with Gasteiger partial charge in [-0.3, -0.25) is 33.8 Å². The zero-order valence-electron chi connectivity index (χ0n) is 25.8. The third-order valence-electron chi connectivity index (χ3n) is 7.23. The van der Waals surface area contributed by atoms with E-state index in [0.29, 0.717) is 0 Å². The number of aromatic nitrogens is 1. The maximum Gasteiger partial charge on any atom is 0.253 e. The number of halogens is 1. The summed E-state index contributed by atoms with van der Waals surface area (Å²) in [7, 11) is 1.44. The van der Waals surface area contributed by atoms with E-state index in [0.717, 1.165) is 24.0 Å². The zero-order chi connectivity index (χ0) is 33.1. The first-order valence-electron chi connectivity index (χ1n) is 14.7. The van der Waals surface area contributed by atoms with E-state index < -0.39 is 71.3 Å². The average Bonchev–Trinajstić information content (AvgIpc) is 3.00. The second-order valence-corrected chi connectivity index (χ2v) is 11.3. The number of carbonyl (C=O) groups excluding carboxylic acids is 6. The first kappa shape index (κ1) is 34.6. The number of rotatable bonds is 5. The molecule has 2 aromatic rings. The lowest BCUT2D eigenvalue weighted by Crippen LogP contribution is -2.59. The summed E-state index contributed by atoms with van der Waals surface area (Å²) in [6, 6.07) is 5.66. The van der Waals surface area contributed by atoms with E-state index in [-0.39, 0.29) is 37.9 Å². The van der Waals surface area contributed by atoms with E-state index in [1.54, 1.807) is 26.0 Å². The Hall–Kier alpha value is -4.88. The van der Waals surface area contributed by atoms with E-state index in [4.69, 9.17) is 0 Å². The van der Waals surface area contributed by atoms with Gasteiger partial charge in [0.2, 0.25) is 29.5 Å². The van der Waals surface area contributed by atoms with Crippen molar-refractivity contribution in [2.75, 3.05) is 20.1 Å². The Morgan fingerprint density at radius 3 is 2.40 bits per heavy atom. The minimum atomic E-state index is -1.16. The minimum absolute atomic E-state index is 0.0553. The molecule has 1 aromatic carbocycles. The summed E-state index contributed by atoms with van der Waals surface area (Å²) in [6.07, 6.45) is 2.54.